The summed E-state index contributed by atoms with van der Waals surface area (Å²) in [5, 5.41) is 71.0. The van der Waals surface area contributed by atoms with Crippen LogP contribution in [0.4, 0.5) is 0 Å². The van der Waals surface area contributed by atoms with Gasteiger partial charge in [0.2, 0.25) is 0 Å². The number of rotatable bonds is 9. The van der Waals surface area contributed by atoms with Crippen molar-refractivity contribution in [1.82, 2.24) is 0 Å². The molecule has 109 heavy (non-hydrogen) atoms. The van der Waals surface area contributed by atoms with Crippen molar-refractivity contribution in [3.8, 4) is 0 Å². The molecular formula is C75H146Fe2O26P4S2. The van der Waals surface area contributed by atoms with Gasteiger partial charge in [0, 0.05) is 22.6 Å². The zero-order valence-electron chi connectivity index (χ0n) is 69.3. The Balaban J connectivity index is 0.000000426. The molecule has 0 aromatic carbocycles. The van der Waals surface area contributed by atoms with Crippen LogP contribution in [-0.4, -0.2) is 278 Å². The number of aliphatic hydroxyl groups is 8. The molecule has 2 unspecified atom stereocenters. The molecule has 0 aromatic rings. The molecule has 0 spiro atoms. The van der Waals surface area contributed by atoms with Gasteiger partial charge in [0.1, 0.15) is 85.5 Å². The van der Waals surface area contributed by atoms with E-state index >= 15 is 0 Å². The first-order valence-electron chi connectivity index (χ1n) is 38.4. The number of hydrogen-bond acceptors (Lipinski definition) is 26. The molecule has 9 saturated heterocycles. The molecule has 8 N–H and O–H groups in total. The standard InChI is InChI=1S/2C14H25O2P.2C9H16O6S.C9H18O4.C6H14O6.2C5H11P.2CH3.2CH2.2Fe/c2*1-9-12-13(16-14(3,4)15-12)10(2)17(9)11-7-5-6-8-11;2*1-5-7-8(13-9(3,4)12-7)6(2)15-16(10,11)14-5;1-5(10)7-8(6(2)11)13-9(3,4)12-7;7-1-3(9)5(11)6(12)4(10)2-8;2*6-5-3-1-2-4-5;;;;;;/h2*9-13H,5-8H2,1-4H3;2*5-8H,1-4H3;5-8,10-11H,1-4H3;3-12H,1-2H2;2*5H,1-4,6H2;2*1H3;2*1H2;;/q;;;;;;;;2*-1;;;2*+1/t2*9-,10-,12+,13+;3*5-,6-,7-,8-;3-,4-,5-,6-;;;;;;;;/m001111......../s1. The number of hydrogen-bond donors (Lipinski definition) is 8. The second-order valence-corrected chi connectivity index (χ2v) is 43.4. The third kappa shape index (κ3) is 31.8. The van der Waals surface area contributed by atoms with Crippen molar-refractivity contribution >= 4 is 66.0 Å². The maximum absolute atomic E-state index is 11.3. The van der Waals surface area contributed by atoms with Crippen LogP contribution < -0.4 is 0 Å². The van der Waals surface area contributed by atoms with Crippen LogP contribution in [0.2, 0.25) is 0 Å². The minimum atomic E-state index is -3.96. The van der Waals surface area contributed by atoms with E-state index in [1.165, 1.54) is 103 Å². The normalized spacial score (nSPS) is 38.7. The van der Waals surface area contributed by atoms with Crippen LogP contribution in [0.5, 0.6) is 0 Å². The average molecular weight is 1760 g/mol. The predicted octanol–water partition coefficient (Wildman–Crippen LogP) is 9.72. The van der Waals surface area contributed by atoms with Gasteiger partial charge in [0.15, 0.2) is 28.9 Å². The van der Waals surface area contributed by atoms with Gasteiger partial charge in [-0.15, -0.1) is 18.5 Å². The van der Waals surface area contributed by atoms with E-state index in [-0.39, 0.29) is 42.3 Å². The first-order valence-corrected chi connectivity index (χ1v) is 47.1. The van der Waals surface area contributed by atoms with E-state index in [2.05, 4.69) is 116 Å². The van der Waals surface area contributed by atoms with Crippen molar-refractivity contribution in [3.05, 3.63) is 14.9 Å². The molecule has 9 heterocycles. The van der Waals surface area contributed by atoms with Gasteiger partial charge in [-0.2, -0.15) is 16.8 Å². The fraction of sp³-hybridized carbons (Fsp3) is 0.947. The van der Waals surface area contributed by atoms with E-state index in [0.29, 0.717) is 24.4 Å². The Kier molecular flexibility index (Phi) is 46.0. The second-order valence-electron chi connectivity index (χ2n) is 32.6. The molecule has 650 valence electrons. The molecule has 34 heteroatoms. The van der Waals surface area contributed by atoms with Crippen molar-refractivity contribution < 1.29 is 153 Å². The van der Waals surface area contributed by atoms with Crippen LogP contribution >= 0.6 is 34.3 Å². The van der Waals surface area contributed by atoms with Gasteiger partial charge in [0.05, 0.1) is 49.8 Å². The van der Waals surface area contributed by atoms with Crippen LogP contribution in [0.15, 0.2) is 0 Å². The van der Waals surface area contributed by atoms with E-state index in [0.717, 1.165) is 45.3 Å². The molecule has 0 radical (unpaired) electrons. The smallest absolute Gasteiger partial charge is 0.358 e. The van der Waals surface area contributed by atoms with E-state index in [4.69, 9.17) is 94.7 Å². The van der Waals surface area contributed by atoms with Gasteiger partial charge in [-0.3, -0.25) is 0 Å². The first kappa shape index (κ1) is 107. The second kappa shape index (κ2) is 47.1. The Labute approximate surface area is 680 Å². The zero-order chi connectivity index (χ0) is 81.4. The van der Waals surface area contributed by atoms with Gasteiger partial charge >= 0.3 is 62.8 Å². The molecule has 13 rings (SSSR count). The van der Waals surface area contributed by atoms with Crippen molar-refractivity contribution in [2.75, 3.05) is 13.2 Å². The molecular weight excluding hydrogens is 1620 g/mol. The van der Waals surface area contributed by atoms with Gasteiger partial charge in [-0.1, -0.05) is 94.9 Å². The number of aliphatic hydroxyl groups excluding tert-OH is 8. The summed E-state index contributed by atoms with van der Waals surface area (Å²) in [6.07, 6.45) is 11.9. The van der Waals surface area contributed by atoms with E-state index in [9.17, 15) is 27.0 Å². The Morgan fingerprint density at radius 3 is 0.725 bits per heavy atom. The van der Waals surface area contributed by atoms with Crippen LogP contribution in [-0.2, 0) is 116 Å². The maximum Gasteiger partial charge on any atom is -0.358 e. The van der Waals surface area contributed by atoms with Gasteiger partial charge in [0.25, 0.3) is 0 Å². The predicted molar refractivity (Wildman–Crippen MR) is 428 cm³/mol. The molecule has 26 nitrogen and oxygen atoms in total. The Hall–Kier alpha value is 1.52. The summed E-state index contributed by atoms with van der Waals surface area (Å²) in [4.78, 5) is 0. The summed E-state index contributed by atoms with van der Waals surface area (Å²) < 4.78 is 123. The monoisotopic (exact) mass is 1760 g/mol. The van der Waals surface area contributed by atoms with Crippen LogP contribution in [0.1, 0.15) is 241 Å². The van der Waals surface area contributed by atoms with Crippen LogP contribution in [0, 0.1) is 14.9 Å². The van der Waals surface area contributed by atoms with Crippen molar-refractivity contribution in [2.45, 2.75) is 437 Å². The Bertz CT molecular complexity index is 2530. The molecule has 0 bridgehead atoms. The van der Waals surface area contributed by atoms with Crippen molar-refractivity contribution in [3.63, 3.8) is 0 Å². The summed E-state index contributed by atoms with van der Waals surface area (Å²) in [7, 11) is -1.96. The number of ether oxygens (including phenoxy) is 10. The molecule has 4 aliphatic carbocycles. The molecule has 9 aliphatic heterocycles. The maximum atomic E-state index is 11.3. The molecule has 0 amide bonds. The van der Waals surface area contributed by atoms with Crippen molar-refractivity contribution in [1.29, 1.82) is 0 Å². The van der Waals surface area contributed by atoms with Gasteiger partial charge < -0.3 is 103 Å². The first-order chi connectivity index (χ1) is 49.6. The number of fused-ring (bicyclic) bond motifs is 4. The van der Waals surface area contributed by atoms with Crippen LogP contribution in [0.25, 0.3) is 0 Å². The fourth-order valence-electron chi connectivity index (χ4n) is 16.5. The minimum Gasteiger partial charge on any atom is -0.358 e. The van der Waals surface area contributed by atoms with E-state index < -0.39 is 149 Å². The molecule has 0 aromatic heterocycles. The summed E-state index contributed by atoms with van der Waals surface area (Å²) in [5.41, 5.74) is 12.8. The summed E-state index contributed by atoms with van der Waals surface area (Å²) in [5.74, 6) is -2.91. The minimum absolute atomic E-state index is 0. The topological polar surface area (TPSA) is 359 Å². The average Bonchev–Trinajstić information content (AvgIpc) is 1.60. The summed E-state index contributed by atoms with van der Waals surface area (Å²) in [6, 6.07) is 0. The van der Waals surface area contributed by atoms with E-state index in [1.54, 1.807) is 83.1 Å². The Morgan fingerprint density at radius 1 is 0.367 bits per heavy atom. The quantitative estimate of drug-likeness (QED) is 0.0604. The summed E-state index contributed by atoms with van der Waals surface area (Å²) >= 11 is 6.00. The zero-order valence-corrected chi connectivity index (χ0v) is 77.2. The SMILES string of the molecule is C[C@@H](O)[C@H]1OC(C)(C)O[C@@H]1[C@@H](C)O.C[C@H]1OS(=O)(=O)O[C@H](C)[C@H]2OC(C)(C)O[C@@H]21.C[C@H]1OS(=O)(=O)O[C@H](C)[C@H]2OC(C)(C)O[C@@H]21.C[C@H]1[C@H]2OC(C)(C)O[C@@H]2[C@H](C)P1C1CCCC1.C[C@H]1[C@H]2OC(C)(C)O[C@@H]2[C@H](C)P1C1CCCC1.OC[C@@H](O)[C@@H](O)[C@H](O)[C@H](O)CO.PC1CCCC1.PC1CCCC1.[CH2]=[Fe+].[CH2]=[Fe+].[CH3-].[CH3-]. The third-order valence-corrected chi connectivity index (χ3v) is 32.4. The molecule has 13 aliphatic rings. The largest absolute Gasteiger partial charge is 0.358 e. The molecule has 13 fully saturated rings. The van der Waals surface area contributed by atoms with E-state index in [1.807, 2.05) is 0 Å². The van der Waals surface area contributed by atoms with Gasteiger partial charge in [-0.25, -0.2) is 16.7 Å². The molecule has 26 atom stereocenters. The summed E-state index contributed by atoms with van der Waals surface area (Å²) in [6.45, 7) is 36.8. The van der Waals surface area contributed by atoms with Crippen molar-refractivity contribution in [2.24, 2.45) is 0 Å². The van der Waals surface area contributed by atoms with Crippen LogP contribution in [0.3, 0.4) is 0 Å². The fourth-order valence-corrected chi connectivity index (χ4v) is 27.8. The molecule has 4 saturated carbocycles. The Morgan fingerprint density at radius 2 is 0.550 bits per heavy atom. The third-order valence-electron chi connectivity index (χ3n) is 21.3. The van der Waals surface area contributed by atoms with Gasteiger partial charge in [-0.05, 0) is 185 Å².